The molecule has 1 heterocycles. The first kappa shape index (κ1) is 13.8. The molecule has 1 aliphatic rings. The molecule has 3 rings (SSSR count). The van der Waals surface area contributed by atoms with Gasteiger partial charge in [0.15, 0.2) is 5.13 Å². The summed E-state index contributed by atoms with van der Waals surface area (Å²) >= 11 is 1.23. The molecule has 0 spiro atoms. The fourth-order valence-electron chi connectivity index (χ4n) is 2.00. The van der Waals surface area contributed by atoms with E-state index in [4.69, 9.17) is 5.73 Å². The zero-order valence-corrected chi connectivity index (χ0v) is 12.0. The molecule has 21 heavy (non-hydrogen) atoms. The standard InChI is InChI=1S/C14H15FN4OS/c15-8-4-6-10(7-5-8)17-13(20)11-12(16)19-14(21-11)18-9-2-1-3-9/h4-7,9H,1-3,16H2,(H,17,20)(H,18,19). The topological polar surface area (TPSA) is 80.0 Å². The van der Waals surface area contributed by atoms with Gasteiger partial charge >= 0.3 is 0 Å². The van der Waals surface area contributed by atoms with E-state index in [1.807, 2.05) is 0 Å². The molecule has 0 atom stereocenters. The van der Waals surface area contributed by atoms with Crippen molar-refractivity contribution in [1.29, 1.82) is 0 Å². The number of nitrogens with one attached hydrogen (secondary N) is 2. The normalized spacial score (nSPS) is 14.5. The number of rotatable bonds is 4. The number of thiazole rings is 1. The lowest BCUT2D eigenvalue weighted by Crippen LogP contribution is -2.26. The highest BCUT2D eigenvalue weighted by molar-refractivity contribution is 7.18. The maximum absolute atomic E-state index is 12.8. The van der Waals surface area contributed by atoms with Gasteiger partial charge in [0.1, 0.15) is 16.5 Å². The quantitative estimate of drug-likeness (QED) is 0.811. The third-order valence-corrected chi connectivity index (χ3v) is 4.40. The molecule has 0 radical (unpaired) electrons. The largest absolute Gasteiger partial charge is 0.382 e. The Labute approximate surface area is 125 Å². The average molecular weight is 306 g/mol. The summed E-state index contributed by atoms with van der Waals surface area (Å²) < 4.78 is 12.8. The van der Waals surface area contributed by atoms with Gasteiger partial charge in [-0.2, -0.15) is 0 Å². The van der Waals surface area contributed by atoms with Gasteiger partial charge in [-0.15, -0.1) is 0 Å². The van der Waals surface area contributed by atoms with Gasteiger partial charge in [0.25, 0.3) is 5.91 Å². The van der Waals surface area contributed by atoms with Crippen LogP contribution in [0.25, 0.3) is 0 Å². The van der Waals surface area contributed by atoms with Crippen LogP contribution in [0.3, 0.4) is 0 Å². The number of hydrogen-bond donors (Lipinski definition) is 3. The van der Waals surface area contributed by atoms with Crippen LogP contribution in [0.5, 0.6) is 0 Å². The van der Waals surface area contributed by atoms with E-state index in [0.717, 1.165) is 12.8 Å². The van der Waals surface area contributed by atoms with Crippen molar-refractivity contribution in [2.75, 3.05) is 16.4 Å². The Morgan fingerprint density at radius 3 is 2.67 bits per heavy atom. The third kappa shape index (κ3) is 3.13. The Kier molecular flexibility index (Phi) is 3.74. The van der Waals surface area contributed by atoms with Crippen molar-refractivity contribution in [3.63, 3.8) is 0 Å². The predicted molar refractivity (Wildman–Crippen MR) is 82.1 cm³/mol. The number of anilines is 3. The monoisotopic (exact) mass is 306 g/mol. The smallest absolute Gasteiger partial charge is 0.269 e. The molecular formula is C14H15FN4OS. The number of nitrogen functional groups attached to an aromatic ring is 1. The average Bonchev–Trinajstić information content (AvgIpc) is 2.78. The third-order valence-electron chi connectivity index (χ3n) is 3.39. The van der Waals surface area contributed by atoms with E-state index in [1.54, 1.807) is 0 Å². The van der Waals surface area contributed by atoms with Gasteiger partial charge < -0.3 is 16.4 Å². The van der Waals surface area contributed by atoms with Gasteiger partial charge in [-0.3, -0.25) is 4.79 Å². The highest BCUT2D eigenvalue weighted by Gasteiger charge is 2.21. The lowest BCUT2D eigenvalue weighted by Gasteiger charge is -2.25. The molecule has 5 nitrogen and oxygen atoms in total. The van der Waals surface area contributed by atoms with Crippen molar-refractivity contribution in [3.8, 4) is 0 Å². The highest BCUT2D eigenvalue weighted by atomic mass is 32.1. The Hall–Kier alpha value is -2.15. The van der Waals surface area contributed by atoms with Crippen LogP contribution in [0.4, 0.5) is 21.0 Å². The molecule has 1 fully saturated rings. The molecule has 0 aliphatic heterocycles. The molecule has 110 valence electrons. The molecule has 7 heteroatoms. The molecule has 1 amide bonds. The molecule has 0 bridgehead atoms. The highest BCUT2D eigenvalue weighted by Crippen LogP contribution is 2.30. The molecular weight excluding hydrogens is 291 g/mol. The molecule has 1 aliphatic carbocycles. The van der Waals surface area contributed by atoms with E-state index in [1.165, 1.54) is 42.0 Å². The van der Waals surface area contributed by atoms with Crippen LogP contribution in [-0.4, -0.2) is 16.9 Å². The zero-order chi connectivity index (χ0) is 14.8. The molecule has 1 saturated carbocycles. The van der Waals surface area contributed by atoms with Crippen LogP contribution in [0.15, 0.2) is 24.3 Å². The van der Waals surface area contributed by atoms with Crippen molar-refractivity contribution in [1.82, 2.24) is 4.98 Å². The van der Waals surface area contributed by atoms with E-state index in [9.17, 15) is 9.18 Å². The van der Waals surface area contributed by atoms with Crippen molar-refractivity contribution in [2.45, 2.75) is 25.3 Å². The summed E-state index contributed by atoms with van der Waals surface area (Å²) in [4.78, 5) is 16.7. The molecule has 0 unspecified atom stereocenters. The first-order chi connectivity index (χ1) is 10.1. The summed E-state index contributed by atoms with van der Waals surface area (Å²) in [6.07, 6.45) is 3.46. The number of nitrogens with zero attached hydrogens (tertiary/aromatic N) is 1. The SMILES string of the molecule is Nc1nc(NC2CCC2)sc1C(=O)Nc1ccc(F)cc1. The second kappa shape index (κ2) is 5.69. The first-order valence-electron chi connectivity index (χ1n) is 6.71. The maximum atomic E-state index is 12.8. The van der Waals surface area contributed by atoms with Crippen molar-refractivity contribution in [2.24, 2.45) is 0 Å². The van der Waals surface area contributed by atoms with Gasteiger partial charge in [0.05, 0.1) is 0 Å². The Morgan fingerprint density at radius 1 is 1.33 bits per heavy atom. The van der Waals surface area contributed by atoms with Crippen LogP contribution < -0.4 is 16.4 Å². The molecule has 4 N–H and O–H groups in total. The van der Waals surface area contributed by atoms with E-state index in [0.29, 0.717) is 21.7 Å². The second-order valence-electron chi connectivity index (χ2n) is 4.97. The fourth-order valence-corrected chi connectivity index (χ4v) is 2.86. The molecule has 0 saturated heterocycles. The minimum absolute atomic E-state index is 0.210. The lowest BCUT2D eigenvalue weighted by molar-refractivity contribution is 0.103. The Balaban J connectivity index is 1.70. The molecule has 1 aromatic heterocycles. The van der Waals surface area contributed by atoms with Crippen LogP contribution in [0, 0.1) is 5.82 Å². The summed E-state index contributed by atoms with van der Waals surface area (Å²) in [6, 6.07) is 6.00. The summed E-state index contributed by atoms with van der Waals surface area (Å²) in [5.41, 5.74) is 6.31. The number of benzene rings is 1. The van der Waals surface area contributed by atoms with Crippen molar-refractivity contribution < 1.29 is 9.18 Å². The number of amides is 1. The van der Waals surface area contributed by atoms with Crippen LogP contribution in [0.1, 0.15) is 28.9 Å². The number of carbonyl (C=O) groups excluding carboxylic acids is 1. The van der Waals surface area contributed by atoms with Gasteiger partial charge in [0.2, 0.25) is 0 Å². The van der Waals surface area contributed by atoms with E-state index in [2.05, 4.69) is 15.6 Å². The molecule has 1 aromatic carbocycles. The van der Waals surface area contributed by atoms with Gasteiger partial charge in [-0.25, -0.2) is 9.37 Å². The minimum atomic E-state index is -0.350. The van der Waals surface area contributed by atoms with E-state index < -0.39 is 0 Å². The number of hydrogen-bond acceptors (Lipinski definition) is 5. The number of carbonyl (C=O) groups is 1. The van der Waals surface area contributed by atoms with Crippen LogP contribution in [0.2, 0.25) is 0 Å². The molecule has 2 aromatic rings. The van der Waals surface area contributed by atoms with Crippen LogP contribution in [-0.2, 0) is 0 Å². The summed E-state index contributed by atoms with van der Waals surface area (Å²) in [7, 11) is 0. The number of aromatic nitrogens is 1. The Morgan fingerprint density at radius 2 is 2.05 bits per heavy atom. The summed E-state index contributed by atoms with van der Waals surface area (Å²) in [5, 5.41) is 6.61. The van der Waals surface area contributed by atoms with Gasteiger partial charge in [0, 0.05) is 11.7 Å². The fraction of sp³-hybridized carbons (Fsp3) is 0.286. The maximum Gasteiger partial charge on any atom is 0.269 e. The summed E-state index contributed by atoms with van der Waals surface area (Å²) in [6.45, 7) is 0. The van der Waals surface area contributed by atoms with Crippen LogP contribution >= 0.6 is 11.3 Å². The van der Waals surface area contributed by atoms with Crippen molar-refractivity contribution >= 4 is 33.9 Å². The van der Waals surface area contributed by atoms with E-state index in [-0.39, 0.29) is 17.5 Å². The first-order valence-corrected chi connectivity index (χ1v) is 7.53. The lowest BCUT2D eigenvalue weighted by atomic mass is 9.93. The van der Waals surface area contributed by atoms with Gasteiger partial charge in [-0.05, 0) is 43.5 Å². The van der Waals surface area contributed by atoms with Gasteiger partial charge in [-0.1, -0.05) is 11.3 Å². The second-order valence-corrected chi connectivity index (χ2v) is 5.97. The van der Waals surface area contributed by atoms with E-state index >= 15 is 0 Å². The summed E-state index contributed by atoms with van der Waals surface area (Å²) in [5.74, 6) is -0.475. The number of nitrogens with two attached hydrogens (primary N) is 1. The Bertz CT molecular complexity index is 651. The zero-order valence-electron chi connectivity index (χ0n) is 11.2. The minimum Gasteiger partial charge on any atom is -0.382 e. The van der Waals surface area contributed by atoms with Crippen molar-refractivity contribution in [3.05, 3.63) is 35.0 Å². The predicted octanol–water partition coefficient (Wildman–Crippen LogP) is 3.08. The number of halogens is 1.